The van der Waals surface area contributed by atoms with Crippen molar-refractivity contribution in [2.45, 2.75) is 13.2 Å². The number of amides is 1. The van der Waals surface area contributed by atoms with E-state index in [9.17, 15) is 19.5 Å². The van der Waals surface area contributed by atoms with Gasteiger partial charge in [0.2, 0.25) is 5.75 Å². The van der Waals surface area contributed by atoms with Gasteiger partial charge in [-0.3, -0.25) is 4.79 Å². The van der Waals surface area contributed by atoms with Crippen molar-refractivity contribution in [1.82, 2.24) is 15.3 Å². The minimum atomic E-state index is -0.966. The van der Waals surface area contributed by atoms with Crippen LogP contribution in [-0.2, 0) is 22.6 Å². The average Bonchev–Trinajstić information content (AvgIpc) is 2.61. The van der Waals surface area contributed by atoms with Crippen LogP contribution in [0.25, 0.3) is 0 Å². The molecular weight excluding hydrogens is 318 g/mol. The summed E-state index contributed by atoms with van der Waals surface area (Å²) >= 11 is 0. The summed E-state index contributed by atoms with van der Waals surface area (Å²) in [7, 11) is 1.09. The van der Waals surface area contributed by atoms with Crippen molar-refractivity contribution in [2.24, 2.45) is 0 Å². The Morgan fingerprint density at radius 2 is 2.00 bits per heavy atom. The van der Waals surface area contributed by atoms with Crippen LogP contribution in [-0.4, -0.2) is 34.2 Å². The quantitative estimate of drug-likeness (QED) is 0.686. The zero-order valence-corrected chi connectivity index (χ0v) is 12.7. The maximum absolute atomic E-state index is 11.6. The number of aromatic nitrogens is 2. The van der Waals surface area contributed by atoms with Crippen LogP contribution in [0.4, 0.5) is 4.79 Å². The minimum absolute atomic E-state index is 0.0325. The summed E-state index contributed by atoms with van der Waals surface area (Å²) in [6, 6.07) is 9.07. The van der Waals surface area contributed by atoms with Gasteiger partial charge in [0.25, 0.3) is 5.56 Å². The van der Waals surface area contributed by atoms with Crippen LogP contribution < -0.4 is 10.9 Å². The predicted molar refractivity (Wildman–Crippen MR) is 81.3 cm³/mol. The molecule has 1 heterocycles. The van der Waals surface area contributed by atoms with Crippen LogP contribution in [0.1, 0.15) is 21.9 Å². The maximum Gasteiger partial charge on any atom is 0.407 e. The van der Waals surface area contributed by atoms with Gasteiger partial charge in [-0.15, -0.1) is 0 Å². The summed E-state index contributed by atoms with van der Waals surface area (Å²) < 4.78 is 9.41. The van der Waals surface area contributed by atoms with Crippen molar-refractivity contribution in [3.63, 3.8) is 0 Å². The molecule has 0 spiro atoms. The van der Waals surface area contributed by atoms with Gasteiger partial charge >= 0.3 is 12.1 Å². The summed E-state index contributed by atoms with van der Waals surface area (Å²) in [5.41, 5.74) is -0.632. The Balaban J connectivity index is 1.96. The molecule has 1 amide bonds. The number of carbonyl (C=O) groups excluding carboxylic acids is 2. The van der Waals surface area contributed by atoms with E-state index in [-0.39, 0.29) is 19.0 Å². The van der Waals surface area contributed by atoms with E-state index in [1.165, 1.54) is 0 Å². The van der Waals surface area contributed by atoms with Crippen molar-refractivity contribution < 1.29 is 24.2 Å². The molecule has 9 heteroatoms. The third kappa shape index (κ3) is 4.32. The van der Waals surface area contributed by atoms with Crippen LogP contribution in [0, 0.1) is 0 Å². The number of hydrogen-bond donors (Lipinski definition) is 3. The topological polar surface area (TPSA) is 131 Å². The van der Waals surface area contributed by atoms with Gasteiger partial charge in [-0.2, -0.15) is 0 Å². The van der Waals surface area contributed by atoms with E-state index in [1.54, 1.807) is 12.1 Å². The molecule has 2 rings (SSSR count). The van der Waals surface area contributed by atoms with Gasteiger partial charge in [-0.25, -0.2) is 14.6 Å². The molecule has 9 nitrogen and oxygen atoms in total. The number of aromatic amines is 1. The zero-order chi connectivity index (χ0) is 17.5. The lowest BCUT2D eigenvalue weighted by atomic mass is 10.2. The summed E-state index contributed by atoms with van der Waals surface area (Å²) in [6.07, 6.45) is -0.728. The first-order chi connectivity index (χ1) is 11.5. The molecule has 1 aromatic carbocycles. The smallest absolute Gasteiger partial charge is 0.407 e. The number of carbonyl (C=O) groups is 2. The highest BCUT2D eigenvalue weighted by Crippen LogP contribution is 2.09. The van der Waals surface area contributed by atoms with E-state index < -0.39 is 29.1 Å². The van der Waals surface area contributed by atoms with Crippen LogP contribution in [0.3, 0.4) is 0 Å². The lowest BCUT2D eigenvalue weighted by Crippen LogP contribution is -2.27. The Bertz CT molecular complexity index is 788. The molecule has 0 atom stereocenters. The molecule has 1 aromatic heterocycles. The maximum atomic E-state index is 11.6. The van der Waals surface area contributed by atoms with E-state index in [0.29, 0.717) is 0 Å². The van der Waals surface area contributed by atoms with Crippen LogP contribution in [0.2, 0.25) is 0 Å². The Hall–Kier alpha value is -3.36. The molecular formula is C15H15N3O6. The highest BCUT2D eigenvalue weighted by molar-refractivity contribution is 5.89. The molecule has 2 aromatic rings. The molecule has 0 bridgehead atoms. The molecule has 0 saturated carbocycles. The standard InChI is InChI=1S/C15H15N3O6/c1-23-14(21)11-12(19)13(20)18-10(17-11)7-16-15(22)24-8-9-5-3-2-4-6-9/h2-6,19H,7-8H2,1H3,(H,16,22)(H,17,18,20). The van der Waals surface area contributed by atoms with Gasteiger partial charge in [0.15, 0.2) is 5.69 Å². The van der Waals surface area contributed by atoms with E-state index >= 15 is 0 Å². The third-order valence-corrected chi connectivity index (χ3v) is 2.94. The van der Waals surface area contributed by atoms with Gasteiger partial charge < -0.3 is 24.9 Å². The number of H-pyrrole nitrogens is 1. The Labute approximate surface area is 136 Å². The first-order valence-electron chi connectivity index (χ1n) is 6.86. The molecule has 126 valence electrons. The molecule has 24 heavy (non-hydrogen) atoms. The number of hydrogen-bond acceptors (Lipinski definition) is 7. The van der Waals surface area contributed by atoms with Crippen molar-refractivity contribution in [1.29, 1.82) is 0 Å². The number of aromatic hydroxyl groups is 1. The number of benzene rings is 1. The van der Waals surface area contributed by atoms with Crippen LogP contribution in [0.15, 0.2) is 35.1 Å². The van der Waals surface area contributed by atoms with E-state index in [0.717, 1.165) is 12.7 Å². The van der Waals surface area contributed by atoms with E-state index in [4.69, 9.17) is 4.74 Å². The zero-order valence-electron chi connectivity index (χ0n) is 12.7. The monoisotopic (exact) mass is 333 g/mol. The van der Waals surface area contributed by atoms with Gasteiger partial charge in [0.1, 0.15) is 12.4 Å². The highest BCUT2D eigenvalue weighted by Gasteiger charge is 2.18. The van der Waals surface area contributed by atoms with Gasteiger partial charge in [0, 0.05) is 0 Å². The fourth-order valence-electron chi connectivity index (χ4n) is 1.77. The fourth-order valence-corrected chi connectivity index (χ4v) is 1.77. The number of nitrogens with zero attached hydrogens (tertiary/aromatic N) is 1. The molecule has 0 unspecified atom stereocenters. The summed E-state index contributed by atoms with van der Waals surface area (Å²) in [4.78, 5) is 40.6. The second-order valence-corrected chi connectivity index (χ2v) is 4.62. The Kier molecular flexibility index (Phi) is 5.50. The number of rotatable bonds is 5. The SMILES string of the molecule is COC(=O)c1nc(CNC(=O)OCc2ccccc2)[nH]c(=O)c1O. The predicted octanol–water partition coefficient (Wildman–Crippen LogP) is 0.689. The molecule has 0 fully saturated rings. The summed E-state index contributed by atoms with van der Waals surface area (Å²) in [5, 5.41) is 11.9. The fraction of sp³-hybridized carbons (Fsp3) is 0.200. The normalized spacial score (nSPS) is 10.0. The highest BCUT2D eigenvalue weighted by atomic mass is 16.5. The van der Waals surface area contributed by atoms with Crippen molar-refractivity contribution >= 4 is 12.1 Å². The van der Waals surface area contributed by atoms with Gasteiger partial charge in [0.05, 0.1) is 13.7 Å². The molecule has 0 radical (unpaired) electrons. The Morgan fingerprint density at radius 3 is 2.67 bits per heavy atom. The third-order valence-electron chi connectivity index (χ3n) is 2.94. The molecule has 3 N–H and O–H groups in total. The van der Waals surface area contributed by atoms with Crippen molar-refractivity contribution in [2.75, 3.05) is 7.11 Å². The van der Waals surface area contributed by atoms with Crippen molar-refractivity contribution in [3.05, 3.63) is 57.8 Å². The number of ether oxygens (including phenoxy) is 2. The van der Waals surface area contributed by atoms with E-state index in [2.05, 4.69) is 20.0 Å². The lowest BCUT2D eigenvalue weighted by molar-refractivity contribution is 0.0589. The number of methoxy groups -OCH3 is 1. The average molecular weight is 333 g/mol. The first-order valence-corrected chi connectivity index (χ1v) is 6.86. The summed E-state index contributed by atoms with van der Waals surface area (Å²) in [5.74, 6) is -1.85. The van der Waals surface area contributed by atoms with E-state index in [1.807, 2.05) is 18.2 Å². The Morgan fingerprint density at radius 1 is 1.29 bits per heavy atom. The number of esters is 1. The molecule has 0 aliphatic heterocycles. The van der Waals surface area contributed by atoms with Crippen LogP contribution in [0.5, 0.6) is 5.75 Å². The number of nitrogens with one attached hydrogen (secondary N) is 2. The second-order valence-electron chi connectivity index (χ2n) is 4.62. The number of alkyl carbamates (subject to hydrolysis) is 1. The second kappa shape index (κ2) is 7.77. The van der Waals surface area contributed by atoms with Gasteiger partial charge in [-0.1, -0.05) is 30.3 Å². The van der Waals surface area contributed by atoms with Crippen LogP contribution >= 0.6 is 0 Å². The molecule has 0 aliphatic rings. The lowest BCUT2D eigenvalue weighted by Gasteiger charge is -2.08. The van der Waals surface area contributed by atoms with Crippen molar-refractivity contribution in [3.8, 4) is 5.75 Å². The molecule has 0 saturated heterocycles. The summed E-state index contributed by atoms with van der Waals surface area (Å²) in [6.45, 7) is -0.118. The largest absolute Gasteiger partial charge is 0.501 e. The minimum Gasteiger partial charge on any atom is -0.501 e. The van der Waals surface area contributed by atoms with Gasteiger partial charge in [-0.05, 0) is 5.56 Å². The molecule has 0 aliphatic carbocycles. The first kappa shape index (κ1) is 17.0.